The predicted octanol–water partition coefficient (Wildman–Crippen LogP) is 2.37. The van der Waals surface area contributed by atoms with Crippen LogP contribution in [0.15, 0.2) is 48.5 Å². The molecule has 1 heterocycles. The number of imide groups is 1. The summed E-state index contributed by atoms with van der Waals surface area (Å²) in [5.41, 5.74) is 9.06. The van der Waals surface area contributed by atoms with Crippen LogP contribution < -0.4 is 11.1 Å². The van der Waals surface area contributed by atoms with E-state index in [1.807, 2.05) is 43.3 Å². The molecule has 0 bridgehead atoms. The SMILES string of the molecule is Cc1ccc(C2NC(=O)N(Cc3ccc(N)cc3)C2=O)cc1. The Bertz CT molecular complexity index is 708. The average Bonchev–Trinajstić information content (AvgIpc) is 2.78. The predicted molar refractivity (Wildman–Crippen MR) is 83.9 cm³/mol. The van der Waals surface area contributed by atoms with Crippen LogP contribution in [0.3, 0.4) is 0 Å². The van der Waals surface area contributed by atoms with Crippen LogP contribution in [0.5, 0.6) is 0 Å². The number of urea groups is 1. The van der Waals surface area contributed by atoms with Gasteiger partial charge in [-0.2, -0.15) is 0 Å². The second-order valence-electron chi connectivity index (χ2n) is 5.46. The van der Waals surface area contributed by atoms with Gasteiger partial charge in [0.15, 0.2) is 0 Å². The van der Waals surface area contributed by atoms with Crippen molar-refractivity contribution in [2.45, 2.75) is 19.5 Å². The first-order chi connectivity index (χ1) is 10.5. The summed E-state index contributed by atoms with van der Waals surface area (Å²) in [5.74, 6) is -0.231. The molecule has 5 nitrogen and oxygen atoms in total. The number of nitrogens with two attached hydrogens (primary N) is 1. The molecule has 0 aliphatic carbocycles. The highest BCUT2D eigenvalue weighted by atomic mass is 16.2. The first-order valence-electron chi connectivity index (χ1n) is 7.07. The van der Waals surface area contributed by atoms with Crippen LogP contribution in [-0.2, 0) is 11.3 Å². The molecule has 0 saturated carbocycles. The van der Waals surface area contributed by atoms with Crippen LogP contribution in [0.25, 0.3) is 0 Å². The lowest BCUT2D eigenvalue weighted by Gasteiger charge is -2.13. The van der Waals surface area contributed by atoms with Crippen molar-refractivity contribution in [1.82, 2.24) is 10.2 Å². The topological polar surface area (TPSA) is 75.4 Å². The van der Waals surface area contributed by atoms with Crippen molar-refractivity contribution in [3.63, 3.8) is 0 Å². The minimum atomic E-state index is -0.609. The monoisotopic (exact) mass is 295 g/mol. The molecule has 3 rings (SSSR count). The van der Waals surface area contributed by atoms with E-state index in [-0.39, 0.29) is 18.5 Å². The van der Waals surface area contributed by atoms with Crippen molar-refractivity contribution in [1.29, 1.82) is 0 Å². The third-order valence-corrected chi connectivity index (χ3v) is 3.76. The molecule has 0 spiro atoms. The van der Waals surface area contributed by atoms with Gasteiger partial charge in [0, 0.05) is 5.69 Å². The molecule has 1 atom stereocenters. The molecule has 1 saturated heterocycles. The highest BCUT2D eigenvalue weighted by Gasteiger charge is 2.38. The number of nitrogen functional groups attached to an aromatic ring is 1. The van der Waals surface area contributed by atoms with Crippen LogP contribution in [0.4, 0.5) is 10.5 Å². The molecule has 3 N–H and O–H groups in total. The van der Waals surface area contributed by atoms with Gasteiger partial charge >= 0.3 is 6.03 Å². The van der Waals surface area contributed by atoms with E-state index >= 15 is 0 Å². The molecule has 1 aliphatic rings. The van der Waals surface area contributed by atoms with Gasteiger partial charge in [-0.25, -0.2) is 4.79 Å². The lowest BCUT2D eigenvalue weighted by atomic mass is 10.1. The van der Waals surface area contributed by atoms with Gasteiger partial charge in [0.2, 0.25) is 0 Å². The molecule has 2 aromatic carbocycles. The summed E-state index contributed by atoms with van der Waals surface area (Å²) in [4.78, 5) is 25.8. The molecular weight excluding hydrogens is 278 g/mol. The molecule has 5 heteroatoms. The summed E-state index contributed by atoms with van der Waals surface area (Å²) in [6.45, 7) is 2.22. The fraction of sp³-hybridized carbons (Fsp3) is 0.176. The van der Waals surface area contributed by atoms with Gasteiger partial charge in [0.1, 0.15) is 6.04 Å². The number of benzene rings is 2. The number of hydrogen-bond donors (Lipinski definition) is 2. The second kappa shape index (κ2) is 5.52. The number of anilines is 1. The summed E-state index contributed by atoms with van der Waals surface area (Å²) >= 11 is 0. The smallest absolute Gasteiger partial charge is 0.325 e. The Morgan fingerprint density at radius 3 is 2.32 bits per heavy atom. The summed E-state index contributed by atoms with van der Waals surface area (Å²) in [7, 11) is 0. The lowest BCUT2D eigenvalue weighted by Crippen LogP contribution is -2.30. The van der Waals surface area contributed by atoms with Crippen LogP contribution in [-0.4, -0.2) is 16.8 Å². The van der Waals surface area contributed by atoms with Crippen LogP contribution in [0.2, 0.25) is 0 Å². The zero-order valence-electron chi connectivity index (χ0n) is 12.2. The van der Waals surface area contributed by atoms with Crippen molar-refractivity contribution in [3.8, 4) is 0 Å². The van der Waals surface area contributed by atoms with E-state index in [4.69, 9.17) is 5.73 Å². The number of nitrogens with zero attached hydrogens (tertiary/aromatic N) is 1. The van der Waals surface area contributed by atoms with E-state index in [1.54, 1.807) is 12.1 Å². The van der Waals surface area contributed by atoms with E-state index < -0.39 is 6.04 Å². The number of carbonyl (C=O) groups excluding carboxylic acids is 2. The molecular formula is C17H17N3O2. The highest BCUT2D eigenvalue weighted by Crippen LogP contribution is 2.24. The van der Waals surface area contributed by atoms with Gasteiger partial charge in [-0.1, -0.05) is 42.0 Å². The van der Waals surface area contributed by atoms with Gasteiger partial charge < -0.3 is 11.1 Å². The summed E-state index contributed by atoms with van der Waals surface area (Å²) in [5, 5.41) is 2.73. The van der Waals surface area contributed by atoms with Gasteiger partial charge in [-0.3, -0.25) is 9.69 Å². The molecule has 0 radical (unpaired) electrons. The Kier molecular flexibility index (Phi) is 3.55. The number of aryl methyl sites for hydroxylation is 1. The molecule has 1 fully saturated rings. The summed E-state index contributed by atoms with van der Waals surface area (Å²) in [6.07, 6.45) is 0. The van der Waals surface area contributed by atoms with Gasteiger partial charge in [0.05, 0.1) is 6.54 Å². The minimum absolute atomic E-state index is 0.231. The fourth-order valence-electron chi connectivity index (χ4n) is 2.46. The van der Waals surface area contributed by atoms with E-state index in [0.29, 0.717) is 5.69 Å². The minimum Gasteiger partial charge on any atom is -0.399 e. The van der Waals surface area contributed by atoms with Crippen molar-refractivity contribution in [3.05, 3.63) is 65.2 Å². The van der Waals surface area contributed by atoms with E-state index in [0.717, 1.165) is 16.7 Å². The first-order valence-corrected chi connectivity index (χ1v) is 7.07. The zero-order chi connectivity index (χ0) is 15.7. The molecule has 3 amide bonds. The molecule has 2 aromatic rings. The van der Waals surface area contributed by atoms with Crippen molar-refractivity contribution in [2.75, 3.05) is 5.73 Å². The third kappa shape index (κ3) is 2.65. The molecule has 112 valence electrons. The summed E-state index contributed by atoms with van der Waals surface area (Å²) in [6, 6.07) is 13.7. The number of amides is 3. The van der Waals surface area contributed by atoms with Gasteiger partial charge in [-0.15, -0.1) is 0 Å². The average molecular weight is 295 g/mol. The Balaban J connectivity index is 1.79. The maximum Gasteiger partial charge on any atom is 0.325 e. The molecule has 1 unspecified atom stereocenters. The maximum atomic E-state index is 12.5. The van der Waals surface area contributed by atoms with Crippen LogP contribution >= 0.6 is 0 Å². The van der Waals surface area contributed by atoms with E-state index in [9.17, 15) is 9.59 Å². The zero-order valence-corrected chi connectivity index (χ0v) is 12.2. The Morgan fingerprint density at radius 2 is 1.68 bits per heavy atom. The number of hydrogen-bond acceptors (Lipinski definition) is 3. The largest absolute Gasteiger partial charge is 0.399 e. The Hall–Kier alpha value is -2.82. The van der Waals surface area contributed by atoms with Gasteiger partial charge in [-0.05, 0) is 30.2 Å². The number of nitrogens with one attached hydrogen (secondary N) is 1. The number of carbonyl (C=O) groups is 2. The molecule has 22 heavy (non-hydrogen) atoms. The lowest BCUT2D eigenvalue weighted by molar-refractivity contribution is -0.128. The number of rotatable bonds is 3. The third-order valence-electron chi connectivity index (χ3n) is 3.76. The van der Waals surface area contributed by atoms with E-state index in [2.05, 4.69) is 5.32 Å². The quantitative estimate of drug-likeness (QED) is 0.674. The normalized spacial score (nSPS) is 17.7. The van der Waals surface area contributed by atoms with Crippen LogP contribution in [0, 0.1) is 6.92 Å². The summed E-state index contributed by atoms with van der Waals surface area (Å²) < 4.78 is 0. The Labute approximate surface area is 128 Å². The van der Waals surface area contributed by atoms with Crippen LogP contribution in [0.1, 0.15) is 22.7 Å². The van der Waals surface area contributed by atoms with Crippen molar-refractivity contribution >= 4 is 17.6 Å². The second-order valence-corrected chi connectivity index (χ2v) is 5.46. The molecule has 1 aliphatic heterocycles. The fourth-order valence-corrected chi connectivity index (χ4v) is 2.46. The first kappa shape index (κ1) is 14.1. The Morgan fingerprint density at radius 1 is 1.05 bits per heavy atom. The highest BCUT2D eigenvalue weighted by molar-refractivity contribution is 6.04. The van der Waals surface area contributed by atoms with Crippen molar-refractivity contribution in [2.24, 2.45) is 0 Å². The van der Waals surface area contributed by atoms with E-state index in [1.165, 1.54) is 4.90 Å². The van der Waals surface area contributed by atoms with Gasteiger partial charge in [0.25, 0.3) is 5.91 Å². The molecule has 0 aromatic heterocycles. The van der Waals surface area contributed by atoms with Crippen molar-refractivity contribution < 1.29 is 9.59 Å². The standard InChI is InChI=1S/C17H17N3O2/c1-11-2-6-13(7-3-11)15-16(21)20(17(22)19-15)10-12-4-8-14(18)9-5-12/h2-9,15H,10,18H2,1H3,(H,19,22). The maximum absolute atomic E-state index is 12.5.